The van der Waals surface area contributed by atoms with E-state index in [4.69, 9.17) is 11.6 Å². The highest BCUT2D eigenvalue weighted by molar-refractivity contribution is 6.29. The van der Waals surface area contributed by atoms with Crippen molar-refractivity contribution in [3.8, 4) is 0 Å². The first-order valence-electron chi connectivity index (χ1n) is 5.68. The fraction of sp³-hybridized carbons (Fsp3) is 0.583. The van der Waals surface area contributed by atoms with Crippen LogP contribution in [0.2, 0.25) is 5.15 Å². The van der Waals surface area contributed by atoms with Crippen LogP contribution in [0.1, 0.15) is 18.4 Å². The molecule has 100 valence electrons. The number of carbonyl (C=O) groups excluding carboxylic acids is 1. The van der Waals surface area contributed by atoms with E-state index in [0.29, 0.717) is 24.1 Å². The van der Waals surface area contributed by atoms with Gasteiger partial charge in [0.2, 0.25) is 0 Å². The third-order valence-electron chi connectivity index (χ3n) is 2.47. The summed E-state index contributed by atoms with van der Waals surface area (Å²) in [6.45, 7) is 4.82. The number of ether oxygens (including phenoxy) is 1. The number of nitrogens with zero attached hydrogens (tertiary/aromatic N) is 3. The van der Waals surface area contributed by atoms with Crippen molar-refractivity contribution >= 4 is 17.6 Å². The zero-order valence-electron chi connectivity index (χ0n) is 11.1. The molecule has 0 N–H and O–H groups in total. The molecule has 0 bridgehead atoms. The summed E-state index contributed by atoms with van der Waals surface area (Å²) in [6, 6.07) is 1.71. The molecule has 0 spiro atoms. The lowest BCUT2D eigenvalue weighted by Crippen LogP contribution is -2.29. The second-order valence-electron chi connectivity index (χ2n) is 4.37. The number of hydrogen-bond acceptors (Lipinski definition) is 5. The highest BCUT2D eigenvalue weighted by atomic mass is 35.5. The first kappa shape index (κ1) is 14.9. The van der Waals surface area contributed by atoms with Crippen LogP contribution in [-0.2, 0) is 16.1 Å². The van der Waals surface area contributed by atoms with Crippen molar-refractivity contribution < 1.29 is 9.53 Å². The Hall–Kier alpha value is -1.20. The molecule has 0 fully saturated rings. The molecule has 1 heterocycles. The SMILES string of the molecule is COC(=O)C(C)CN(C)Cc1nc(C)cc(Cl)n1. The third-order valence-corrected chi connectivity index (χ3v) is 2.66. The monoisotopic (exact) mass is 271 g/mol. The van der Waals surface area contributed by atoms with Gasteiger partial charge in [0.05, 0.1) is 19.6 Å². The molecule has 1 atom stereocenters. The smallest absolute Gasteiger partial charge is 0.309 e. The topological polar surface area (TPSA) is 55.3 Å². The van der Waals surface area contributed by atoms with E-state index in [-0.39, 0.29) is 11.9 Å². The molecule has 1 unspecified atom stereocenters. The number of halogens is 1. The summed E-state index contributed by atoms with van der Waals surface area (Å²) in [5.41, 5.74) is 0.833. The standard InChI is InChI=1S/C12H18ClN3O2/c1-8(12(17)18-4)6-16(3)7-11-14-9(2)5-10(13)15-11/h5,8H,6-7H2,1-4H3. The zero-order chi connectivity index (χ0) is 13.7. The second-order valence-corrected chi connectivity index (χ2v) is 4.76. The predicted molar refractivity (Wildman–Crippen MR) is 69.3 cm³/mol. The Balaban J connectivity index is 2.59. The summed E-state index contributed by atoms with van der Waals surface area (Å²) in [4.78, 5) is 21.7. The van der Waals surface area contributed by atoms with E-state index in [1.807, 2.05) is 25.8 Å². The van der Waals surface area contributed by atoms with Crippen LogP contribution in [0.4, 0.5) is 0 Å². The minimum absolute atomic E-state index is 0.180. The summed E-state index contributed by atoms with van der Waals surface area (Å²) in [7, 11) is 3.29. The molecule has 0 aliphatic rings. The van der Waals surface area contributed by atoms with Crippen molar-refractivity contribution in [1.29, 1.82) is 0 Å². The van der Waals surface area contributed by atoms with Crippen molar-refractivity contribution in [3.05, 3.63) is 22.7 Å². The van der Waals surface area contributed by atoms with Crippen LogP contribution in [-0.4, -0.2) is 41.5 Å². The lowest BCUT2D eigenvalue weighted by Gasteiger charge is -2.19. The van der Waals surface area contributed by atoms with Crippen molar-refractivity contribution in [2.24, 2.45) is 5.92 Å². The Morgan fingerprint density at radius 2 is 2.22 bits per heavy atom. The number of rotatable bonds is 5. The van der Waals surface area contributed by atoms with Crippen LogP contribution in [0, 0.1) is 12.8 Å². The largest absolute Gasteiger partial charge is 0.469 e. The van der Waals surface area contributed by atoms with Gasteiger partial charge in [0.15, 0.2) is 0 Å². The van der Waals surface area contributed by atoms with Crippen molar-refractivity contribution in [3.63, 3.8) is 0 Å². The van der Waals surface area contributed by atoms with Crippen LogP contribution in [0.15, 0.2) is 6.07 Å². The van der Waals surface area contributed by atoms with E-state index in [1.54, 1.807) is 6.07 Å². The van der Waals surface area contributed by atoms with Crippen LogP contribution in [0.3, 0.4) is 0 Å². The molecule has 0 radical (unpaired) electrons. The number of hydrogen-bond donors (Lipinski definition) is 0. The van der Waals surface area contributed by atoms with Gasteiger partial charge in [-0.2, -0.15) is 0 Å². The molecule has 0 aliphatic carbocycles. The molecule has 6 heteroatoms. The van der Waals surface area contributed by atoms with E-state index in [9.17, 15) is 4.79 Å². The molecule has 0 saturated heterocycles. The molecular formula is C12H18ClN3O2. The van der Waals surface area contributed by atoms with Crippen molar-refractivity contribution in [1.82, 2.24) is 14.9 Å². The average molecular weight is 272 g/mol. The number of esters is 1. The van der Waals surface area contributed by atoms with Crippen LogP contribution >= 0.6 is 11.6 Å². The maximum absolute atomic E-state index is 11.3. The third kappa shape index (κ3) is 4.58. The number of aromatic nitrogens is 2. The highest BCUT2D eigenvalue weighted by Gasteiger charge is 2.16. The van der Waals surface area contributed by atoms with Gasteiger partial charge >= 0.3 is 5.97 Å². The number of carbonyl (C=O) groups is 1. The number of methoxy groups -OCH3 is 1. The van der Waals surface area contributed by atoms with Gasteiger partial charge < -0.3 is 4.74 Å². The maximum atomic E-state index is 11.3. The summed E-state index contributed by atoms with van der Waals surface area (Å²) in [5, 5.41) is 0.437. The highest BCUT2D eigenvalue weighted by Crippen LogP contribution is 2.09. The van der Waals surface area contributed by atoms with E-state index < -0.39 is 0 Å². The predicted octanol–water partition coefficient (Wildman–Crippen LogP) is 1.68. The van der Waals surface area contributed by atoms with Crippen molar-refractivity contribution in [2.75, 3.05) is 20.7 Å². The minimum Gasteiger partial charge on any atom is -0.469 e. The summed E-state index contributed by atoms with van der Waals surface area (Å²) < 4.78 is 4.68. The van der Waals surface area contributed by atoms with Gasteiger partial charge in [-0.1, -0.05) is 18.5 Å². The Morgan fingerprint density at radius 3 is 2.78 bits per heavy atom. The zero-order valence-corrected chi connectivity index (χ0v) is 11.9. The van der Waals surface area contributed by atoms with Crippen LogP contribution in [0.25, 0.3) is 0 Å². The summed E-state index contributed by atoms with van der Waals surface area (Å²) >= 11 is 5.87. The van der Waals surface area contributed by atoms with E-state index in [1.165, 1.54) is 7.11 Å². The molecule has 1 aromatic heterocycles. The molecule has 0 aliphatic heterocycles. The first-order chi connectivity index (χ1) is 8.42. The fourth-order valence-electron chi connectivity index (χ4n) is 1.71. The van der Waals surface area contributed by atoms with Crippen LogP contribution in [0.5, 0.6) is 0 Å². The van der Waals surface area contributed by atoms with Gasteiger partial charge in [0.25, 0.3) is 0 Å². The van der Waals surface area contributed by atoms with Gasteiger partial charge in [-0.3, -0.25) is 9.69 Å². The van der Waals surface area contributed by atoms with Crippen molar-refractivity contribution in [2.45, 2.75) is 20.4 Å². The van der Waals surface area contributed by atoms with Gasteiger partial charge in [-0.15, -0.1) is 0 Å². The molecule has 0 aromatic carbocycles. The quantitative estimate of drug-likeness (QED) is 0.602. The Labute approximate surface area is 112 Å². The lowest BCUT2D eigenvalue weighted by atomic mass is 10.2. The van der Waals surface area contributed by atoms with Gasteiger partial charge in [-0.05, 0) is 20.0 Å². The fourth-order valence-corrected chi connectivity index (χ4v) is 1.96. The number of aryl methyl sites for hydroxylation is 1. The lowest BCUT2D eigenvalue weighted by molar-refractivity contribution is -0.145. The molecule has 18 heavy (non-hydrogen) atoms. The van der Waals surface area contributed by atoms with E-state index >= 15 is 0 Å². The Bertz CT molecular complexity index is 406. The summed E-state index contributed by atoms with van der Waals surface area (Å²) in [6.07, 6.45) is 0. The molecule has 5 nitrogen and oxygen atoms in total. The van der Waals surface area contributed by atoms with Gasteiger partial charge in [0.1, 0.15) is 11.0 Å². The second kappa shape index (κ2) is 6.66. The van der Waals surface area contributed by atoms with Gasteiger partial charge in [0, 0.05) is 12.2 Å². The molecule has 1 rings (SSSR count). The van der Waals surface area contributed by atoms with Crippen LogP contribution < -0.4 is 0 Å². The van der Waals surface area contributed by atoms with E-state index in [0.717, 1.165) is 5.69 Å². The van der Waals surface area contributed by atoms with Gasteiger partial charge in [-0.25, -0.2) is 9.97 Å². The maximum Gasteiger partial charge on any atom is 0.309 e. The summed E-state index contributed by atoms with van der Waals surface area (Å²) in [5.74, 6) is 0.255. The minimum atomic E-state index is -0.218. The molecular weight excluding hydrogens is 254 g/mol. The molecule has 1 aromatic rings. The first-order valence-corrected chi connectivity index (χ1v) is 6.06. The van der Waals surface area contributed by atoms with E-state index in [2.05, 4.69) is 14.7 Å². The average Bonchev–Trinajstić information content (AvgIpc) is 2.25. The normalized spacial score (nSPS) is 12.6. The Kier molecular flexibility index (Phi) is 5.50. The Morgan fingerprint density at radius 1 is 1.56 bits per heavy atom. The molecule has 0 saturated carbocycles. The molecule has 0 amide bonds.